The van der Waals surface area contributed by atoms with Crippen LogP contribution in [-0.2, 0) is 4.79 Å². The Morgan fingerprint density at radius 1 is 1.25 bits per heavy atom. The number of hydrogen-bond acceptors (Lipinski definition) is 5. The number of rotatable bonds is 4. The Labute approximate surface area is 167 Å². The minimum Gasteiger partial charge on any atom is -0.364 e. The molecule has 0 atom stereocenters. The fraction of sp³-hybridized carbons (Fsp3) is 0.389. The van der Waals surface area contributed by atoms with Crippen LogP contribution in [0.5, 0.6) is 0 Å². The topological polar surface area (TPSA) is 143 Å². The second kappa shape index (κ2) is 10.4. The molecule has 0 unspecified atom stereocenters. The lowest BCUT2D eigenvalue weighted by atomic mass is 9.88. The van der Waals surface area contributed by atoms with Gasteiger partial charge in [-0.15, -0.1) is 0 Å². The van der Waals surface area contributed by atoms with Gasteiger partial charge in [0, 0.05) is 25.4 Å². The van der Waals surface area contributed by atoms with E-state index in [1.807, 2.05) is 0 Å². The van der Waals surface area contributed by atoms with Gasteiger partial charge in [-0.25, -0.2) is 4.98 Å². The molecule has 3 rings (SSSR count). The van der Waals surface area contributed by atoms with Crippen molar-refractivity contribution in [1.82, 2.24) is 20.3 Å². The fourth-order valence-corrected chi connectivity index (χ4v) is 3.02. The van der Waals surface area contributed by atoms with Crippen molar-refractivity contribution in [1.29, 1.82) is 0 Å². The van der Waals surface area contributed by atoms with Crippen molar-refractivity contribution < 1.29 is 14.4 Å². The largest absolute Gasteiger partial charge is 0.364 e. The maximum atomic E-state index is 11.9. The number of carbonyl (C=O) groups excluding carboxylic acids is 3. The molecule has 0 saturated heterocycles. The molecule has 150 valence electrons. The minimum atomic E-state index is -0.727. The van der Waals surface area contributed by atoms with Gasteiger partial charge in [-0.05, 0) is 18.9 Å². The van der Waals surface area contributed by atoms with Crippen LogP contribution in [0.3, 0.4) is 0 Å². The third-order valence-corrected chi connectivity index (χ3v) is 4.63. The van der Waals surface area contributed by atoms with E-state index in [-0.39, 0.29) is 23.2 Å². The number of imidazole rings is 1. The van der Waals surface area contributed by atoms with Crippen LogP contribution in [0.15, 0.2) is 24.8 Å². The average Bonchev–Trinajstić information content (AvgIpc) is 3.20. The summed E-state index contributed by atoms with van der Waals surface area (Å²) >= 11 is 5.93. The van der Waals surface area contributed by atoms with Gasteiger partial charge in [0.2, 0.25) is 5.91 Å². The molecule has 5 N–H and O–H groups in total. The molecule has 0 spiro atoms. The van der Waals surface area contributed by atoms with Crippen LogP contribution in [0.4, 0.5) is 5.69 Å². The number of nitrogens with one attached hydrogen (secondary N) is 3. The molecule has 0 aliphatic heterocycles. The van der Waals surface area contributed by atoms with Gasteiger partial charge in [-0.2, -0.15) is 0 Å². The average molecular weight is 407 g/mol. The summed E-state index contributed by atoms with van der Waals surface area (Å²) in [4.78, 5) is 43.6. The van der Waals surface area contributed by atoms with E-state index >= 15 is 0 Å². The van der Waals surface area contributed by atoms with Gasteiger partial charge in [-0.3, -0.25) is 19.4 Å². The second-order valence-corrected chi connectivity index (χ2v) is 6.66. The number of carbonyl (C=O) groups is 3. The molecule has 2 aromatic rings. The summed E-state index contributed by atoms with van der Waals surface area (Å²) in [5.41, 5.74) is 5.65. The lowest BCUT2D eigenvalue weighted by Crippen LogP contribution is -2.24. The highest BCUT2D eigenvalue weighted by atomic mass is 35.5. The predicted octanol–water partition coefficient (Wildman–Crippen LogP) is 2.12. The highest BCUT2D eigenvalue weighted by molar-refractivity contribution is 6.33. The molecule has 1 fully saturated rings. The summed E-state index contributed by atoms with van der Waals surface area (Å²) in [6, 6.07) is 1.73. The molecular formula is C18H23ClN6O3. The number of amides is 3. The van der Waals surface area contributed by atoms with Crippen LogP contribution >= 0.6 is 11.6 Å². The van der Waals surface area contributed by atoms with Crippen LogP contribution in [0.1, 0.15) is 53.1 Å². The summed E-state index contributed by atoms with van der Waals surface area (Å²) in [5.74, 6) is -0.901. The maximum absolute atomic E-state index is 11.9. The lowest BCUT2D eigenvalue weighted by molar-refractivity contribution is -0.120. The van der Waals surface area contributed by atoms with E-state index in [0.717, 1.165) is 25.7 Å². The third-order valence-electron chi connectivity index (χ3n) is 4.33. The van der Waals surface area contributed by atoms with E-state index in [9.17, 15) is 14.4 Å². The van der Waals surface area contributed by atoms with Gasteiger partial charge in [0.25, 0.3) is 11.8 Å². The molecule has 1 aliphatic rings. The first-order chi connectivity index (χ1) is 13.4. The molecule has 2 heterocycles. The fourth-order valence-electron chi connectivity index (χ4n) is 2.86. The number of anilines is 1. The lowest BCUT2D eigenvalue weighted by Gasteiger charge is -2.20. The number of pyridine rings is 1. The van der Waals surface area contributed by atoms with Gasteiger partial charge in [-0.1, -0.05) is 30.9 Å². The zero-order valence-electron chi connectivity index (χ0n) is 15.5. The highest BCUT2D eigenvalue weighted by Crippen LogP contribution is 2.26. The Balaban J connectivity index is 0.000000209. The molecule has 0 aromatic carbocycles. The molecule has 3 amide bonds. The van der Waals surface area contributed by atoms with E-state index in [2.05, 4.69) is 25.6 Å². The zero-order chi connectivity index (χ0) is 20.5. The number of nitrogens with zero attached hydrogens (tertiary/aromatic N) is 2. The van der Waals surface area contributed by atoms with Crippen LogP contribution in [0.25, 0.3) is 0 Å². The zero-order valence-corrected chi connectivity index (χ0v) is 16.3. The van der Waals surface area contributed by atoms with Crippen LogP contribution in [0, 0.1) is 5.92 Å². The van der Waals surface area contributed by atoms with E-state index < -0.39 is 11.8 Å². The summed E-state index contributed by atoms with van der Waals surface area (Å²) in [7, 11) is 1.45. The van der Waals surface area contributed by atoms with Crippen molar-refractivity contribution in [2.45, 2.75) is 32.1 Å². The van der Waals surface area contributed by atoms with Crippen molar-refractivity contribution in [2.75, 3.05) is 12.4 Å². The van der Waals surface area contributed by atoms with Crippen molar-refractivity contribution >= 4 is 35.0 Å². The van der Waals surface area contributed by atoms with Crippen LogP contribution in [-0.4, -0.2) is 39.7 Å². The highest BCUT2D eigenvalue weighted by Gasteiger charge is 2.21. The molecule has 1 aliphatic carbocycles. The first-order valence-corrected chi connectivity index (χ1v) is 9.27. The van der Waals surface area contributed by atoms with Gasteiger partial charge in [0.1, 0.15) is 5.69 Å². The summed E-state index contributed by atoms with van der Waals surface area (Å²) in [5, 5.41) is 5.71. The second-order valence-electron chi connectivity index (χ2n) is 6.25. The van der Waals surface area contributed by atoms with Crippen molar-refractivity contribution in [2.24, 2.45) is 11.7 Å². The Bertz CT molecular complexity index is 832. The van der Waals surface area contributed by atoms with E-state index in [1.54, 1.807) is 12.3 Å². The number of primary amides is 1. The van der Waals surface area contributed by atoms with Gasteiger partial charge >= 0.3 is 0 Å². The third kappa shape index (κ3) is 5.78. The van der Waals surface area contributed by atoms with Gasteiger partial charge in [0.15, 0.2) is 5.69 Å². The SMILES string of the molecule is CNC(=O)c1[nH]cnc1C(N)=O.O=C(Nc1ccncc1Cl)C1CCCCC1. The predicted molar refractivity (Wildman–Crippen MR) is 105 cm³/mol. The molecule has 28 heavy (non-hydrogen) atoms. The van der Waals surface area contributed by atoms with E-state index in [1.165, 1.54) is 26.0 Å². The Kier molecular flexibility index (Phi) is 7.94. The van der Waals surface area contributed by atoms with Gasteiger partial charge in [0.05, 0.1) is 17.0 Å². The summed E-state index contributed by atoms with van der Waals surface area (Å²) in [6.07, 6.45) is 9.96. The van der Waals surface area contributed by atoms with Crippen LogP contribution < -0.4 is 16.4 Å². The van der Waals surface area contributed by atoms with Crippen molar-refractivity contribution in [3.05, 3.63) is 41.2 Å². The molecule has 0 bridgehead atoms. The Morgan fingerprint density at radius 3 is 2.57 bits per heavy atom. The number of H-pyrrole nitrogens is 1. The summed E-state index contributed by atoms with van der Waals surface area (Å²) < 4.78 is 0. The number of nitrogens with two attached hydrogens (primary N) is 1. The number of hydrogen-bond donors (Lipinski definition) is 4. The molecule has 9 nitrogen and oxygen atoms in total. The van der Waals surface area contributed by atoms with Crippen molar-refractivity contribution in [3.8, 4) is 0 Å². The Hall–Kier alpha value is -2.94. The minimum absolute atomic E-state index is 0.0469. The molecule has 1 saturated carbocycles. The quantitative estimate of drug-likeness (QED) is 0.614. The Morgan fingerprint density at radius 2 is 1.96 bits per heavy atom. The normalized spacial score (nSPS) is 13.8. The first kappa shape index (κ1) is 21.4. The maximum Gasteiger partial charge on any atom is 0.269 e. The number of aromatic amines is 1. The van der Waals surface area contributed by atoms with E-state index in [0.29, 0.717) is 10.7 Å². The molecule has 0 radical (unpaired) electrons. The first-order valence-electron chi connectivity index (χ1n) is 8.89. The standard InChI is InChI=1S/C12H15ClN2O.C6H8N4O2/c13-10-8-14-7-6-11(10)15-12(16)9-4-2-1-3-5-9;1-8-6(12)4-3(5(7)11)9-2-10-4/h6-9H,1-5H2,(H,14,15,16);2H,1H3,(H2,7,11)(H,8,12)(H,9,10). The van der Waals surface area contributed by atoms with Crippen LogP contribution in [0.2, 0.25) is 5.02 Å². The van der Waals surface area contributed by atoms with Gasteiger partial charge < -0.3 is 21.4 Å². The molecular weight excluding hydrogens is 384 g/mol. The number of aromatic nitrogens is 3. The smallest absolute Gasteiger partial charge is 0.269 e. The summed E-state index contributed by atoms with van der Waals surface area (Å²) in [6.45, 7) is 0. The number of halogens is 1. The van der Waals surface area contributed by atoms with E-state index in [4.69, 9.17) is 17.3 Å². The monoisotopic (exact) mass is 406 g/mol. The molecule has 2 aromatic heterocycles. The van der Waals surface area contributed by atoms with Crippen molar-refractivity contribution in [3.63, 3.8) is 0 Å². The molecule has 10 heteroatoms.